The Morgan fingerprint density at radius 1 is 1.52 bits per heavy atom. The van der Waals surface area contributed by atoms with Gasteiger partial charge in [0, 0.05) is 25.8 Å². The van der Waals surface area contributed by atoms with Gasteiger partial charge in [0.25, 0.3) is 0 Å². The van der Waals surface area contributed by atoms with Gasteiger partial charge < -0.3 is 20.1 Å². The Morgan fingerprint density at radius 3 is 3.00 bits per heavy atom. The number of nitrogens with zero attached hydrogens (tertiary/aromatic N) is 2. The molecule has 1 atom stereocenters. The molecule has 21 heavy (non-hydrogen) atoms. The molecule has 1 aliphatic rings. The maximum atomic E-state index is 9.23. The first-order chi connectivity index (χ1) is 10.1. The second-order valence-corrected chi connectivity index (χ2v) is 6.13. The summed E-state index contributed by atoms with van der Waals surface area (Å²) in [6, 6.07) is 2.19. The zero-order chi connectivity index (χ0) is 15.2. The SMILES string of the molecule is Cc1cc(CNCC(C)C)cnc1N1CCOC(CO)C1. The summed E-state index contributed by atoms with van der Waals surface area (Å²) in [4.78, 5) is 6.82. The van der Waals surface area contributed by atoms with E-state index >= 15 is 0 Å². The first kappa shape index (κ1) is 16.2. The molecule has 1 aromatic rings. The first-order valence-corrected chi connectivity index (χ1v) is 7.73. The second kappa shape index (κ2) is 7.73. The fourth-order valence-corrected chi connectivity index (χ4v) is 2.58. The van der Waals surface area contributed by atoms with Crippen molar-refractivity contribution in [2.24, 2.45) is 5.92 Å². The first-order valence-electron chi connectivity index (χ1n) is 7.73. The van der Waals surface area contributed by atoms with Crippen molar-refractivity contribution in [1.29, 1.82) is 0 Å². The highest BCUT2D eigenvalue weighted by Crippen LogP contribution is 2.20. The molecule has 2 N–H and O–H groups in total. The third kappa shape index (κ3) is 4.66. The Hall–Kier alpha value is -1.17. The van der Waals surface area contributed by atoms with Crippen molar-refractivity contribution in [3.63, 3.8) is 0 Å². The van der Waals surface area contributed by atoms with Crippen LogP contribution in [0.3, 0.4) is 0 Å². The predicted molar refractivity (Wildman–Crippen MR) is 84.6 cm³/mol. The summed E-state index contributed by atoms with van der Waals surface area (Å²) in [5.41, 5.74) is 2.39. The van der Waals surface area contributed by atoms with E-state index in [0.717, 1.165) is 25.5 Å². The van der Waals surface area contributed by atoms with Crippen LogP contribution in [0.2, 0.25) is 0 Å². The lowest BCUT2D eigenvalue weighted by Gasteiger charge is -2.33. The average Bonchev–Trinajstić information content (AvgIpc) is 2.47. The highest BCUT2D eigenvalue weighted by molar-refractivity contribution is 5.47. The van der Waals surface area contributed by atoms with Gasteiger partial charge in [-0.1, -0.05) is 13.8 Å². The molecule has 5 heteroatoms. The molecule has 0 aliphatic carbocycles. The molecule has 2 rings (SSSR count). The van der Waals surface area contributed by atoms with Crippen LogP contribution >= 0.6 is 0 Å². The second-order valence-electron chi connectivity index (χ2n) is 6.13. The van der Waals surface area contributed by atoms with Crippen LogP contribution in [0.4, 0.5) is 5.82 Å². The van der Waals surface area contributed by atoms with Gasteiger partial charge in [-0.2, -0.15) is 0 Å². The van der Waals surface area contributed by atoms with Crippen molar-refractivity contribution < 1.29 is 9.84 Å². The molecule has 118 valence electrons. The van der Waals surface area contributed by atoms with Crippen LogP contribution in [0, 0.1) is 12.8 Å². The minimum atomic E-state index is -0.104. The summed E-state index contributed by atoms with van der Waals surface area (Å²) < 4.78 is 5.49. The highest BCUT2D eigenvalue weighted by atomic mass is 16.5. The van der Waals surface area contributed by atoms with Crippen LogP contribution in [-0.2, 0) is 11.3 Å². The minimum Gasteiger partial charge on any atom is -0.394 e. The topological polar surface area (TPSA) is 57.6 Å². The number of pyridine rings is 1. The summed E-state index contributed by atoms with van der Waals surface area (Å²) >= 11 is 0. The van der Waals surface area contributed by atoms with Gasteiger partial charge in [-0.05, 0) is 36.6 Å². The molecule has 0 amide bonds. The summed E-state index contributed by atoms with van der Waals surface area (Å²) in [5.74, 6) is 1.66. The fourth-order valence-electron chi connectivity index (χ4n) is 2.58. The summed E-state index contributed by atoms with van der Waals surface area (Å²) in [5, 5.41) is 12.7. The maximum Gasteiger partial charge on any atom is 0.131 e. The van der Waals surface area contributed by atoms with Crippen molar-refractivity contribution >= 4 is 5.82 Å². The fraction of sp³-hybridized carbons (Fsp3) is 0.688. The molecule has 1 saturated heterocycles. The standard InChI is InChI=1S/C16H27N3O2/c1-12(2)7-17-8-14-6-13(3)16(18-9-14)19-4-5-21-15(10-19)11-20/h6,9,12,15,17,20H,4-5,7-8,10-11H2,1-3H3. The monoisotopic (exact) mass is 293 g/mol. The molecule has 1 aromatic heterocycles. The number of aliphatic hydroxyl groups is 1. The van der Waals surface area contributed by atoms with Gasteiger partial charge in [-0.25, -0.2) is 4.98 Å². The number of rotatable bonds is 6. The number of anilines is 1. The van der Waals surface area contributed by atoms with Crippen molar-refractivity contribution in [1.82, 2.24) is 10.3 Å². The van der Waals surface area contributed by atoms with E-state index in [-0.39, 0.29) is 12.7 Å². The van der Waals surface area contributed by atoms with Gasteiger partial charge in [0.05, 0.1) is 19.3 Å². The Kier molecular flexibility index (Phi) is 5.96. The van der Waals surface area contributed by atoms with E-state index in [0.29, 0.717) is 19.1 Å². The normalized spacial score (nSPS) is 19.3. The number of morpholine rings is 1. The van der Waals surface area contributed by atoms with Crippen LogP contribution in [-0.4, -0.2) is 49.0 Å². The zero-order valence-corrected chi connectivity index (χ0v) is 13.3. The van der Waals surface area contributed by atoms with Crippen molar-refractivity contribution in [3.05, 3.63) is 23.4 Å². The van der Waals surface area contributed by atoms with Gasteiger partial charge in [0.2, 0.25) is 0 Å². The van der Waals surface area contributed by atoms with Gasteiger partial charge in [0.1, 0.15) is 5.82 Å². The molecule has 1 aliphatic heterocycles. The van der Waals surface area contributed by atoms with Gasteiger partial charge in [-0.15, -0.1) is 0 Å². The quantitative estimate of drug-likeness (QED) is 0.829. The van der Waals surface area contributed by atoms with Gasteiger partial charge in [0.15, 0.2) is 0 Å². The van der Waals surface area contributed by atoms with E-state index in [1.807, 2.05) is 6.20 Å². The molecule has 1 fully saturated rings. The van der Waals surface area contributed by atoms with Crippen molar-refractivity contribution in [2.45, 2.75) is 33.4 Å². The number of aryl methyl sites for hydroxylation is 1. The van der Waals surface area contributed by atoms with Gasteiger partial charge >= 0.3 is 0 Å². The van der Waals surface area contributed by atoms with E-state index in [4.69, 9.17) is 4.74 Å². The Labute approximate surface area is 127 Å². The highest BCUT2D eigenvalue weighted by Gasteiger charge is 2.21. The Bertz CT molecular complexity index is 451. The molecule has 2 heterocycles. The maximum absolute atomic E-state index is 9.23. The largest absolute Gasteiger partial charge is 0.394 e. The van der Waals surface area contributed by atoms with Crippen LogP contribution in [0.25, 0.3) is 0 Å². The lowest BCUT2D eigenvalue weighted by Crippen LogP contribution is -2.44. The Balaban J connectivity index is 1.98. The third-order valence-electron chi connectivity index (χ3n) is 3.63. The van der Waals surface area contributed by atoms with Crippen LogP contribution in [0.1, 0.15) is 25.0 Å². The van der Waals surface area contributed by atoms with Gasteiger partial charge in [-0.3, -0.25) is 0 Å². The third-order valence-corrected chi connectivity index (χ3v) is 3.63. The number of aromatic nitrogens is 1. The van der Waals surface area contributed by atoms with E-state index in [2.05, 4.69) is 42.0 Å². The molecule has 0 spiro atoms. The van der Waals surface area contributed by atoms with Crippen LogP contribution in [0.15, 0.2) is 12.3 Å². The number of ether oxygens (including phenoxy) is 1. The zero-order valence-electron chi connectivity index (χ0n) is 13.3. The lowest BCUT2D eigenvalue weighted by molar-refractivity contribution is 0.00333. The van der Waals surface area contributed by atoms with Crippen LogP contribution in [0.5, 0.6) is 0 Å². The molecule has 1 unspecified atom stereocenters. The van der Waals surface area contributed by atoms with Crippen molar-refractivity contribution in [2.75, 3.05) is 37.7 Å². The van der Waals surface area contributed by atoms with Crippen LogP contribution < -0.4 is 10.2 Å². The average molecular weight is 293 g/mol. The molecule has 5 nitrogen and oxygen atoms in total. The molecule has 0 aromatic carbocycles. The number of nitrogens with one attached hydrogen (secondary N) is 1. The number of hydrogen-bond acceptors (Lipinski definition) is 5. The van der Waals surface area contributed by atoms with E-state index < -0.39 is 0 Å². The molecule has 0 radical (unpaired) electrons. The molecule has 0 saturated carbocycles. The van der Waals surface area contributed by atoms with Crippen molar-refractivity contribution in [3.8, 4) is 0 Å². The lowest BCUT2D eigenvalue weighted by atomic mass is 10.1. The minimum absolute atomic E-state index is 0.0623. The summed E-state index contributed by atoms with van der Waals surface area (Å²) in [6.45, 7) is 10.6. The predicted octanol–water partition coefficient (Wildman–Crippen LogP) is 1.33. The van der Waals surface area contributed by atoms with E-state index in [1.165, 1.54) is 11.1 Å². The number of hydrogen-bond donors (Lipinski definition) is 2. The summed E-state index contributed by atoms with van der Waals surface area (Å²) in [7, 11) is 0. The van der Waals surface area contributed by atoms with E-state index in [1.54, 1.807) is 0 Å². The molecule has 0 bridgehead atoms. The Morgan fingerprint density at radius 2 is 2.33 bits per heavy atom. The van der Waals surface area contributed by atoms with E-state index in [9.17, 15) is 5.11 Å². The molecular weight excluding hydrogens is 266 g/mol. The number of aliphatic hydroxyl groups excluding tert-OH is 1. The smallest absolute Gasteiger partial charge is 0.131 e. The molecular formula is C16H27N3O2. The summed E-state index contributed by atoms with van der Waals surface area (Å²) in [6.07, 6.45) is 1.84.